The Bertz CT molecular complexity index is 493. The molecular formula is C16H23FN2O. The van der Waals surface area contributed by atoms with Crippen LogP contribution in [0, 0.1) is 11.2 Å². The van der Waals surface area contributed by atoms with Gasteiger partial charge in [-0.25, -0.2) is 4.39 Å². The fourth-order valence-electron chi connectivity index (χ4n) is 3.53. The Morgan fingerprint density at radius 3 is 3.15 bits per heavy atom. The lowest BCUT2D eigenvalue weighted by molar-refractivity contribution is 0.158. The summed E-state index contributed by atoms with van der Waals surface area (Å²) in [6.45, 7) is 6.57. The van der Waals surface area contributed by atoms with Crippen molar-refractivity contribution >= 4 is 0 Å². The second-order valence-electron chi connectivity index (χ2n) is 6.52. The molecule has 1 aromatic rings. The van der Waals surface area contributed by atoms with Gasteiger partial charge in [-0.1, -0.05) is 6.92 Å². The molecule has 0 spiro atoms. The molecule has 2 heterocycles. The van der Waals surface area contributed by atoms with E-state index in [-0.39, 0.29) is 11.9 Å². The van der Waals surface area contributed by atoms with Gasteiger partial charge in [0.15, 0.2) is 0 Å². The zero-order valence-corrected chi connectivity index (χ0v) is 12.3. The van der Waals surface area contributed by atoms with Crippen molar-refractivity contribution in [1.82, 2.24) is 10.2 Å². The van der Waals surface area contributed by atoms with Crippen LogP contribution in [0.5, 0.6) is 5.75 Å². The third-order valence-electron chi connectivity index (χ3n) is 4.47. The van der Waals surface area contributed by atoms with E-state index < -0.39 is 0 Å². The Balaban J connectivity index is 1.56. The first kappa shape index (κ1) is 13.8. The average Bonchev–Trinajstić information content (AvgIpc) is 2.93. The number of hydrogen-bond donors (Lipinski definition) is 1. The molecule has 2 aliphatic heterocycles. The van der Waals surface area contributed by atoms with Crippen LogP contribution in [0.3, 0.4) is 0 Å². The molecule has 1 saturated heterocycles. The second kappa shape index (κ2) is 5.34. The molecule has 0 aromatic heterocycles. The number of benzene rings is 1. The average molecular weight is 278 g/mol. The predicted octanol–water partition coefficient (Wildman–Crippen LogP) is 2.06. The molecule has 2 unspecified atom stereocenters. The Hall–Kier alpha value is -1.13. The van der Waals surface area contributed by atoms with Gasteiger partial charge >= 0.3 is 0 Å². The van der Waals surface area contributed by atoms with Gasteiger partial charge in [0.25, 0.3) is 0 Å². The van der Waals surface area contributed by atoms with Gasteiger partial charge in [0.1, 0.15) is 17.7 Å². The molecule has 3 rings (SSSR count). The third kappa shape index (κ3) is 2.81. The molecule has 0 saturated carbocycles. The Kier molecular flexibility index (Phi) is 3.69. The zero-order valence-electron chi connectivity index (χ0n) is 12.3. The van der Waals surface area contributed by atoms with Gasteiger partial charge in [0.2, 0.25) is 0 Å². The first-order valence-corrected chi connectivity index (χ1v) is 7.40. The van der Waals surface area contributed by atoms with E-state index in [0.717, 1.165) is 43.9 Å². The summed E-state index contributed by atoms with van der Waals surface area (Å²) >= 11 is 0. The number of halogens is 1. The number of nitrogens with one attached hydrogen (secondary N) is 1. The zero-order chi connectivity index (χ0) is 14.2. The number of likely N-dealkylation sites (tertiary alicyclic amines) is 1. The summed E-state index contributed by atoms with van der Waals surface area (Å²) in [5, 5.41) is 3.29. The largest absolute Gasteiger partial charge is 0.488 e. The minimum Gasteiger partial charge on any atom is -0.488 e. The Labute approximate surface area is 120 Å². The van der Waals surface area contributed by atoms with E-state index in [0.29, 0.717) is 5.41 Å². The maximum absolute atomic E-state index is 13.2. The van der Waals surface area contributed by atoms with E-state index in [1.807, 2.05) is 7.05 Å². The highest BCUT2D eigenvalue weighted by Gasteiger charge is 2.35. The monoisotopic (exact) mass is 278 g/mol. The SMILES string of the molecule is CNCC1(C)CCN(CC2Cc3cc(F)ccc3O2)C1. The van der Waals surface area contributed by atoms with Crippen molar-refractivity contribution in [3.63, 3.8) is 0 Å². The molecule has 2 aliphatic rings. The minimum atomic E-state index is -0.171. The third-order valence-corrected chi connectivity index (χ3v) is 4.47. The van der Waals surface area contributed by atoms with Crippen molar-refractivity contribution in [1.29, 1.82) is 0 Å². The van der Waals surface area contributed by atoms with E-state index in [2.05, 4.69) is 17.1 Å². The van der Waals surface area contributed by atoms with Crippen LogP contribution in [0.15, 0.2) is 18.2 Å². The fraction of sp³-hybridized carbons (Fsp3) is 0.625. The van der Waals surface area contributed by atoms with Crippen LogP contribution in [0.1, 0.15) is 18.9 Å². The standard InChI is InChI=1S/C16H23FN2O/c1-16(10-18-2)5-6-19(11-16)9-14-8-12-7-13(17)3-4-15(12)20-14/h3-4,7,14,18H,5-6,8-11H2,1-2H3. The first-order chi connectivity index (χ1) is 9.58. The molecule has 1 fully saturated rings. The van der Waals surface area contributed by atoms with Gasteiger partial charge in [0, 0.05) is 31.6 Å². The summed E-state index contributed by atoms with van der Waals surface area (Å²) < 4.78 is 19.1. The highest BCUT2D eigenvalue weighted by Crippen LogP contribution is 2.32. The van der Waals surface area contributed by atoms with Crippen molar-refractivity contribution in [2.24, 2.45) is 5.41 Å². The normalized spacial score (nSPS) is 29.4. The highest BCUT2D eigenvalue weighted by molar-refractivity contribution is 5.37. The summed E-state index contributed by atoms with van der Waals surface area (Å²) in [7, 11) is 2.01. The second-order valence-corrected chi connectivity index (χ2v) is 6.52. The van der Waals surface area contributed by atoms with Crippen LogP contribution < -0.4 is 10.1 Å². The number of ether oxygens (including phenoxy) is 1. The Morgan fingerprint density at radius 1 is 1.50 bits per heavy atom. The summed E-state index contributed by atoms with van der Waals surface area (Å²) in [5.74, 6) is 0.685. The number of fused-ring (bicyclic) bond motifs is 1. The van der Waals surface area contributed by atoms with E-state index in [1.165, 1.54) is 12.5 Å². The van der Waals surface area contributed by atoms with Crippen LogP contribution in [0.2, 0.25) is 0 Å². The van der Waals surface area contributed by atoms with Crippen LogP contribution in [0.25, 0.3) is 0 Å². The molecule has 0 amide bonds. The van der Waals surface area contributed by atoms with E-state index in [9.17, 15) is 4.39 Å². The maximum atomic E-state index is 13.2. The minimum absolute atomic E-state index is 0.170. The quantitative estimate of drug-likeness (QED) is 0.912. The van der Waals surface area contributed by atoms with E-state index in [1.54, 1.807) is 12.1 Å². The van der Waals surface area contributed by atoms with Crippen molar-refractivity contribution in [2.75, 3.05) is 33.2 Å². The van der Waals surface area contributed by atoms with E-state index >= 15 is 0 Å². The molecule has 0 radical (unpaired) electrons. The first-order valence-electron chi connectivity index (χ1n) is 7.40. The molecule has 110 valence electrons. The van der Waals surface area contributed by atoms with Crippen molar-refractivity contribution < 1.29 is 9.13 Å². The van der Waals surface area contributed by atoms with Crippen LogP contribution >= 0.6 is 0 Å². The van der Waals surface area contributed by atoms with Crippen LogP contribution in [-0.4, -0.2) is 44.2 Å². The van der Waals surface area contributed by atoms with Crippen molar-refractivity contribution in [2.45, 2.75) is 25.9 Å². The van der Waals surface area contributed by atoms with Gasteiger partial charge in [-0.2, -0.15) is 0 Å². The number of nitrogens with zero attached hydrogens (tertiary/aromatic N) is 1. The summed E-state index contributed by atoms with van der Waals surface area (Å²) in [6, 6.07) is 4.82. The van der Waals surface area contributed by atoms with Crippen molar-refractivity contribution in [3.8, 4) is 5.75 Å². The topological polar surface area (TPSA) is 24.5 Å². The fourth-order valence-corrected chi connectivity index (χ4v) is 3.53. The van der Waals surface area contributed by atoms with Gasteiger partial charge in [-0.05, 0) is 43.6 Å². The van der Waals surface area contributed by atoms with Crippen molar-refractivity contribution in [3.05, 3.63) is 29.6 Å². The van der Waals surface area contributed by atoms with Gasteiger partial charge < -0.3 is 10.1 Å². The Morgan fingerprint density at radius 2 is 2.35 bits per heavy atom. The van der Waals surface area contributed by atoms with Gasteiger partial charge in [-0.15, -0.1) is 0 Å². The van der Waals surface area contributed by atoms with E-state index in [4.69, 9.17) is 4.74 Å². The lowest BCUT2D eigenvalue weighted by Crippen LogP contribution is -2.37. The van der Waals surface area contributed by atoms with Gasteiger partial charge in [0.05, 0.1) is 0 Å². The van der Waals surface area contributed by atoms with Gasteiger partial charge in [-0.3, -0.25) is 4.90 Å². The predicted molar refractivity (Wildman–Crippen MR) is 77.6 cm³/mol. The number of hydrogen-bond acceptors (Lipinski definition) is 3. The molecular weight excluding hydrogens is 255 g/mol. The molecule has 1 N–H and O–H groups in total. The van der Waals surface area contributed by atoms with Crippen LogP contribution in [0.4, 0.5) is 4.39 Å². The lowest BCUT2D eigenvalue weighted by atomic mass is 9.90. The summed E-state index contributed by atoms with van der Waals surface area (Å²) in [5.41, 5.74) is 1.37. The maximum Gasteiger partial charge on any atom is 0.123 e. The molecule has 2 atom stereocenters. The lowest BCUT2D eigenvalue weighted by Gasteiger charge is -2.25. The smallest absolute Gasteiger partial charge is 0.123 e. The molecule has 0 bridgehead atoms. The molecule has 1 aromatic carbocycles. The van der Waals surface area contributed by atoms with Crippen LogP contribution in [-0.2, 0) is 6.42 Å². The summed E-state index contributed by atoms with van der Waals surface area (Å²) in [4.78, 5) is 2.48. The molecule has 3 nitrogen and oxygen atoms in total. The highest BCUT2D eigenvalue weighted by atomic mass is 19.1. The number of rotatable bonds is 4. The summed E-state index contributed by atoms with van der Waals surface area (Å²) in [6.07, 6.45) is 2.22. The molecule has 0 aliphatic carbocycles. The molecule has 20 heavy (non-hydrogen) atoms. The molecule has 4 heteroatoms.